The summed E-state index contributed by atoms with van der Waals surface area (Å²) in [6.07, 6.45) is -2.23. The fourth-order valence-electron chi connectivity index (χ4n) is 0.987. The summed E-state index contributed by atoms with van der Waals surface area (Å²) in [5, 5.41) is 8.70. The topological polar surface area (TPSA) is 70.8 Å². The van der Waals surface area contributed by atoms with Crippen LogP contribution >= 0.6 is 33.3 Å². The molecule has 0 amide bonds. The van der Waals surface area contributed by atoms with E-state index in [4.69, 9.17) is 15.9 Å². The summed E-state index contributed by atoms with van der Waals surface area (Å²) in [6, 6.07) is 1.40. The summed E-state index contributed by atoms with van der Waals surface area (Å²) in [6.45, 7) is 0. The van der Waals surface area contributed by atoms with Crippen molar-refractivity contribution in [3.05, 3.63) is 21.0 Å². The van der Waals surface area contributed by atoms with Crippen LogP contribution in [0, 0.1) is 15.0 Å². The zero-order chi connectivity index (χ0) is 12.5. The smallest absolute Gasteiger partial charge is 0.248 e. The van der Waals surface area contributed by atoms with Crippen molar-refractivity contribution in [1.82, 2.24) is 4.98 Å². The third-order valence-corrected chi connectivity index (χ3v) is 4.14. The number of hydrogen-bond acceptors (Lipinski definition) is 4. The molecule has 16 heavy (non-hydrogen) atoms. The van der Waals surface area contributed by atoms with Crippen molar-refractivity contribution in [2.75, 3.05) is 0 Å². The summed E-state index contributed by atoms with van der Waals surface area (Å²) in [5.41, 5.74) is -1.41. The van der Waals surface area contributed by atoms with Crippen LogP contribution in [0.1, 0.15) is 17.6 Å². The van der Waals surface area contributed by atoms with E-state index in [9.17, 15) is 17.2 Å². The number of nitrogens with zero attached hydrogens (tertiary/aromatic N) is 2. The molecule has 0 spiro atoms. The Balaban J connectivity index is 3.74. The first-order valence-corrected chi connectivity index (χ1v) is 6.99. The van der Waals surface area contributed by atoms with Gasteiger partial charge in [-0.15, -0.1) is 0 Å². The van der Waals surface area contributed by atoms with Crippen LogP contribution in [0.25, 0.3) is 0 Å². The Labute approximate surface area is 108 Å². The zero-order valence-corrected chi connectivity index (χ0v) is 11.0. The maximum atomic E-state index is 12.5. The highest BCUT2D eigenvalue weighted by molar-refractivity contribution is 14.1. The lowest BCUT2D eigenvalue weighted by Crippen LogP contribution is -2.05. The van der Waals surface area contributed by atoms with E-state index in [0.29, 0.717) is 0 Å². The average molecular weight is 379 g/mol. The highest BCUT2D eigenvalue weighted by Gasteiger charge is 2.26. The predicted molar refractivity (Wildman–Crippen MR) is 59.7 cm³/mol. The summed E-state index contributed by atoms with van der Waals surface area (Å²) in [4.78, 5) is 2.80. The van der Waals surface area contributed by atoms with Crippen LogP contribution in [0.4, 0.5) is 8.78 Å². The molecule has 0 aliphatic heterocycles. The molecule has 0 atom stereocenters. The van der Waals surface area contributed by atoms with Gasteiger partial charge in [0.25, 0.3) is 15.5 Å². The van der Waals surface area contributed by atoms with Gasteiger partial charge in [-0.05, 0) is 22.6 Å². The van der Waals surface area contributed by atoms with E-state index >= 15 is 0 Å². The number of alkyl halides is 2. The number of hydrogen-bond donors (Lipinski definition) is 0. The number of rotatable bonds is 2. The molecule has 4 nitrogen and oxygen atoms in total. The summed E-state index contributed by atoms with van der Waals surface area (Å²) < 4.78 is 47.1. The van der Waals surface area contributed by atoms with Crippen molar-refractivity contribution < 1.29 is 17.2 Å². The van der Waals surface area contributed by atoms with Gasteiger partial charge in [-0.3, -0.25) is 0 Å². The molecule has 1 aromatic heterocycles. The van der Waals surface area contributed by atoms with E-state index < -0.39 is 31.5 Å². The van der Waals surface area contributed by atoms with Crippen molar-refractivity contribution in [3.63, 3.8) is 0 Å². The summed E-state index contributed by atoms with van der Waals surface area (Å²) in [5.74, 6) is 0. The first kappa shape index (κ1) is 13.5. The fourth-order valence-corrected chi connectivity index (χ4v) is 3.77. The molecular formula is C7H2ClF2IN2O2S. The molecule has 0 saturated heterocycles. The van der Waals surface area contributed by atoms with Gasteiger partial charge in [0, 0.05) is 16.9 Å². The molecule has 0 bridgehead atoms. The highest BCUT2D eigenvalue weighted by Crippen LogP contribution is 2.31. The maximum absolute atomic E-state index is 12.5. The Morgan fingerprint density at radius 2 is 2.12 bits per heavy atom. The minimum atomic E-state index is -4.29. The Morgan fingerprint density at radius 1 is 1.56 bits per heavy atom. The molecule has 0 aliphatic carbocycles. The van der Waals surface area contributed by atoms with Gasteiger partial charge in [0.1, 0.15) is 14.7 Å². The first-order valence-electron chi connectivity index (χ1n) is 3.60. The van der Waals surface area contributed by atoms with E-state index in [2.05, 4.69) is 4.98 Å². The molecule has 0 saturated carbocycles. The molecule has 0 aromatic carbocycles. The monoisotopic (exact) mass is 378 g/mol. The van der Waals surface area contributed by atoms with Gasteiger partial charge in [0.2, 0.25) is 0 Å². The normalized spacial score (nSPS) is 11.5. The maximum Gasteiger partial charge on any atom is 0.266 e. The molecule has 1 heterocycles. The van der Waals surface area contributed by atoms with E-state index in [1.54, 1.807) is 0 Å². The van der Waals surface area contributed by atoms with Crippen LogP contribution in [-0.4, -0.2) is 13.4 Å². The molecule has 0 unspecified atom stereocenters. The third-order valence-electron chi connectivity index (χ3n) is 1.61. The van der Waals surface area contributed by atoms with Gasteiger partial charge in [-0.1, -0.05) is 0 Å². The fraction of sp³-hybridized carbons (Fsp3) is 0.143. The van der Waals surface area contributed by atoms with Crippen LogP contribution in [0.2, 0.25) is 0 Å². The van der Waals surface area contributed by atoms with Crippen LogP contribution in [0.15, 0.2) is 11.1 Å². The van der Waals surface area contributed by atoms with Gasteiger partial charge in [0.15, 0.2) is 0 Å². The van der Waals surface area contributed by atoms with Crippen LogP contribution in [0.3, 0.4) is 0 Å². The van der Waals surface area contributed by atoms with Crippen molar-refractivity contribution in [2.45, 2.75) is 11.3 Å². The quantitative estimate of drug-likeness (QED) is 0.450. The highest BCUT2D eigenvalue weighted by atomic mass is 127. The predicted octanol–water partition coefficient (Wildman–Crippen LogP) is 2.42. The van der Waals surface area contributed by atoms with Gasteiger partial charge >= 0.3 is 0 Å². The molecule has 1 aromatic rings. The lowest BCUT2D eigenvalue weighted by Gasteiger charge is -2.07. The van der Waals surface area contributed by atoms with Gasteiger partial charge in [-0.25, -0.2) is 22.2 Å². The van der Waals surface area contributed by atoms with Gasteiger partial charge in [-0.2, -0.15) is 5.26 Å². The number of aromatic nitrogens is 1. The van der Waals surface area contributed by atoms with Crippen molar-refractivity contribution in [1.29, 1.82) is 5.26 Å². The Morgan fingerprint density at radius 3 is 2.50 bits per heavy atom. The van der Waals surface area contributed by atoms with Crippen molar-refractivity contribution in [2.24, 2.45) is 0 Å². The number of pyridine rings is 1. The van der Waals surface area contributed by atoms with Gasteiger partial charge in [0.05, 0.1) is 11.1 Å². The van der Waals surface area contributed by atoms with Crippen LogP contribution in [0.5, 0.6) is 0 Å². The summed E-state index contributed by atoms with van der Waals surface area (Å²) in [7, 11) is 0.770. The second kappa shape index (κ2) is 4.77. The summed E-state index contributed by atoms with van der Waals surface area (Å²) >= 11 is 1.50. The second-order valence-electron chi connectivity index (χ2n) is 2.56. The SMILES string of the molecule is N#Cc1c(C(F)F)cnc(I)c1S(=O)(=O)Cl. The lowest BCUT2D eigenvalue weighted by atomic mass is 10.1. The van der Waals surface area contributed by atoms with Crippen molar-refractivity contribution >= 4 is 42.3 Å². The number of halogens is 4. The molecule has 0 fully saturated rings. The molecule has 0 radical (unpaired) electrons. The number of nitriles is 1. The minimum Gasteiger partial charge on any atom is -0.248 e. The zero-order valence-electron chi connectivity index (χ0n) is 7.29. The molecule has 86 valence electrons. The van der Waals surface area contributed by atoms with E-state index in [0.717, 1.165) is 6.20 Å². The minimum absolute atomic E-state index is 0.117. The van der Waals surface area contributed by atoms with E-state index in [1.165, 1.54) is 28.7 Å². The molecular weight excluding hydrogens is 377 g/mol. The standard InChI is InChI=1S/C7H2ClF2IN2O2S/c8-16(14,15)5-3(1-12)4(6(9)10)2-13-7(5)11/h2,6H. The molecule has 9 heteroatoms. The lowest BCUT2D eigenvalue weighted by molar-refractivity contribution is 0.150. The van der Waals surface area contributed by atoms with Gasteiger partial charge < -0.3 is 0 Å². The Kier molecular flexibility index (Phi) is 4.03. The second-order valence-corrected chi connectivity index (χ2v) is 6.08. The van der Waals surface area contributed by atoms with E-state index in [1.807, 2.05) is 0 Å². The van der Waals surface area contributed by atoms with Crippen molar-refractivity contribution in [3.8, 4) is 6.07 Å². The molecule has 0 aliphatic rings. The first-order chi connectivity index (χ1) is 7.29. The third kappa shape index (κ3) is 2.58. The van der Waals surface area contributed by atoms with E-state index in [-0.39, 0.29) is 3.70 Å². The Bertz CT molecular complexity index is 570. The Hall–Kier alpha value is -0.530. The largest absolute Gasteiger partial charge is 0.266 e. The average Bonchev–Trinajstić information content (AvgIpc) is 2.14. The molecule has 1 rings (SSSR count). The molecule has 0 N–H and O–H groups in total. The van der Waals surface area contributed by atoms with Crippen LogP contribution in [-0.2, 0) is 9.05 Å². The van der Waals surface area contributed by atoms with Crippen LogP contribution < -0.4 is 0 Å².